The summed E-state index contributed by atoms with van der Waals surface area (Å²) in [5.74, 6) is -0.652. The van der Waals surface area contributed by atoms with E-state index in [0.29, 0.717) is 6.61 Å². The highest BCUT2D eigenvalue weighted by Gasteiger charge is 2.29. The fourth-order valence-electron chi connectivity index (χ4n) is 3.69. The van der Waals surface area contributed by atoms with E-state index >= 15 is 0 Å². The third-order valence-electron chi connectivity index (χ3n) is 5.13. The fourth-order valence-corrected chi connectivity index (χ4v) is 3.69. The smallest absolute Gasteiger partial charge is 0.408 e. The van der Waals surface area contributed by atoms with Gasteiger partial charge in [-0.1, -0.05) is 60.7 Å². The minimum absolute atomic E-state index is 0.0772. The summed E-state index contributed by atoms with van der Waals surface area (Å²) in [5.41, 5.74) is 1.25. The molecule has 2 aromatic carbocycles. The van der Waals surface area contributed by atoms with Crippen LogP contribution in [0.25, 0.3) is 0 Å². The number of benzene rings is 2. The zero-order valence-corrected chi connectivity index (χ0v) is 20.2. The maximum Gasteiger partial charge on any atom is 0.408 e. The molecule has 0 aliphatic carbocycles. The Labute approximate surface area is 196 Å². The Morgan fingerprint density at radius 3 is 1.97 bits per heavy atom. The molecule has 0 bridgehead atoms. The SMILES string of the molecule is COCC(C)N(CC(O)C(c1ccccc1)c1ccccc1)C(=O)CNC(=O)OC(C)(C)C. The maximum atomic E-state index is 13.0. The summed E-state index contributed by atoms with van der Waals surface area (Å²) in [6, 6.07) is 19.1. The van der Waals surface area contributed by atoms with Crippen molar-refractivity contribution < 1.29 is 24.2 Å². The van der Waals surface area contributed by atoms with Crippen molar-refractivity contribution in [3.05, 3.63) is 71.8 Å². The molecule has 2 amide bonds. The van der Waals surface area contributed by atoms with Gasteiger partial charge in [-0.05, 0) is 38.8 Å². The number of aliphatic hydroxyl groups excluding tert-OH is 1. The molecule has 0 saturated carbocycles. The molecular weight excluding hydrogens is 420 g/mol. The quantitative estimate of drug-likeness (QED) is 0.571. The Morgan fingerprint density at radius 1 is 1.00 bits per heavy atom. The summed E-state index contributed by atoms with van der Waals surface area (Å²) in [5, 5.41) is 13.8. The Kier molecular flexibility index (Phi) is 9.88. The normalized spacial score (nSPS) is 13.3. The second kappa shape index (κ2) is 12.4. The van der Waals surface area contributed by atoms with Crippen molar-refractivity contribution in [3.63, 3.8) is 0 Å². The van der Waals surface area contributed by atoms with Crippen molar-refractivity contribution in [2.45, 2.75) is 51.4 Å². The first-order valence-electron chi connectivity index (χ1n) is 11.2. The maximum absolute atomic E-state index is 13.0. The molecule has 0 spiro atoms. The molecule has 0 aliphatic heterocycles. The molecular formula is C26H36N2O5. The molecule has 7 nitrogen and oxygen atoms in total. The Bertz CT molecular complexity index is 828. The number of carbonyl (C=O) groups excluding carboxylic acids is 2. The highest BCUT2D eigenvalue weighted by molar-refractivity contribution is 5.82. The number of carbonyl (C=O) groups is 2. The van der Waals surface area contributed by atoms with E-state index in [4.69, 9.17) is 9.47 Å². The molecule has 2 atom stereocenters. The van der Waals surface area contributed by atoms with Crippen LogP contribution >= 0.6 is 0 Å². The molecule has 0 heterocycles. The molecule has 0 radical (unpaired) electrons. The van der Waals surface area contributed by atoms with Crippen molar-refractivity contribution in [1.29, 1.82) is 0 Å². The number of hydrogen-bond acceptors (Lipinski definition) is 5. The molecule has 7 heteroatoms. The zero-order chi connectivity index (χ0) is 24.4. The van der Waals surface area contributed by atoms with E-state index in [1.165, 1.54) is 0 Å². The Morgan fingerprint density at radius 2 is 1.52 bits per heavy atom. The van der Waals surface area contributed by atoms with E-state index in [9.17, 15) is 14.7 Å². The highest BCUT2D eigenvalue weighted by Crippen LogP contribution is 2.29. The van der Waals surface area contributed by atoms with Crippen LogP contribution < -0.4 is 5.32 Å². The van der Waals surface area contributed by atoms with Gasteiger partial charge in [0.2, 0.25) is 5.91 Å². The van der Waals surface area contributed by atoms with Crippen LogP contribution in [0.4, 0.5) is 4.79 Å². The van der Waals surface area contributed by atoms with Gasteiger partial charge in [-0.3, -0.25) is 4.79 Å². The lowest BCUT2D eigenvalue weighted by molar-refractivity contribution is -0.135. The third-order valence-corrected chi connectivity index (χ3v) is 5.13. The Hall–Kier alpha value is -2.90. The predicted octanol–water partition coefficient (Wildman–Crippen LogP) is 3.57. The predicted molar refractivity (Wildman–Crippen MR) is 128 cm³/mol. The van der Waals surface area contributed by atoms with E-state index in [2.05, 4.69) is 5.32 Å². The number of alkyl carbamates (subject to hydrolysis) is 1. The first-order chi connectivity index (χ1) is 15.6. The van der Waals surface area contributed by atoms with Crippen LogP contribution in [0.3, 0.4) is 0 Å². The highest BCUT2D eigenvalue weighted by atomic mass is 16.6. The Balaban J connectivity index is 2.21. The lowest BCUT2D eigenvalue weighted by Gasteiger charge is -2.34. The third kappa shape index (κ3) is 8.51. The molecule has 2 rings (SSSR count). The van der Waals surface area contributed by atoms with Gasteiger partial charge in [-0.15, -0.1) is 0 Å². The number of ether oxygens (including phenoxy) is 2. The van der Waals surface area contributed by atoms with Crippen LogP contribution in [0, 0.1) is 0 Å². The standard InChI is InChI=1S/C26H36N2O5/c1-19(18-32-5)28(23(30)16-27-25(31)33-26(2,3)4)17-22(29)24(20-12-8-6-9-13-20)21-14-10-7-11-15-21/h6-15,19,22,24,29H,16-18H2,1-5H3,(H,27,31). The summed E-state index contributed by atoms with van der Waals surface area (Å²) in [7, 11) is 1.56. The van der Waals surface area contributed by atoms with Crippen molar-refractivity contribution in [3.8, 4) is 0 Å². The average molecular weight is 457 g/mol. The van der Waals surface area contributed by atoms with Gasteiger partial charge in [-0.25, -0.2) is 4.79 Å². The van der Waals surface area contributed by atoms with Crippen LogP contribution in [0.15, 0.2) is 60.7 Å². The summed E-state index contributed by atoms with van der Waals surface area (Å²) >= 11 is 0. The van der Waals surface area contributed by atoms with Gasteiger partial charge < -0.3 is 24.8 Å². The van der Waals surface area contributed by atoms with E-state index in [-0.39, 0.29) is 31.0 Å². The van der Waals surface area contributed by atoms with Gasteiger partial charge in [0.1, 0.15) is 12.1 Å². The van der Waals surface area contributed by atoms with Crippen LogP contribution in [-0.2, 0) is 14.3 Å². The number of methoxy groups -OCH3 is 1. The van der Waals surface area contributed by atoms with Gasteiger partial charge in [0.25, 0.3) is 0 Å². The lowest BCUT2D eigenvalue weighted by atomic mass is 9.86. The van der Waals surface area contributed by atoms with Crippen LogP contribution in [0.1, 0.15) is 44.7 Å². The molecule has 2 N–H and O–H groups in total. The number of hydrogen-bond donors (Lipinski definition) is 2. The minimum Gasteiger partial charge on any atom is -0.444 e. The topological polar surface area (TPSA) is 88.1 Å². The van der Waals surface area contributed by atoms with Crippen molar-refractivity contribution in [2.24, 2.45) is 0 Å². The summed E-state index contributed by atoms with van der Waals surface area (Å²) in [6.07, 6.45) is -1.54. The molecule has 2 unspecified atom stereocenters. The van der Waals surface area contributed by atoms with Crippen molar-refractivity contribution >= 4 is 12.0 Å². The number of rotatable bonds is 10. The minimum atomic E-state index is -0.875. The van der Waals surface area contributed by atoms with E-state index in [1.54, 1.807) is 32.8 Å². The summed E-state index contributed by atoms with van der Waals surface area (Å²) < 4.78 is 10.5. The van der Waals surface area contributed by atoms with Gasteiger partial charge >= 0.3 is 6.09 Å². The molecule has 0 aromatic heterocycles. The van der Waals surface area contributed by atoms with Gasteiger partial charge in [0.05, 0.1) is 18.8 Å². The molecule has 2 aromatic rings. The van der Waals surface area contributed by atoms with E-state index < -0.39 is 17.8 Å². The molecule has 180 valence electrons. The van der Waals surface area contributed by atoms with Gasteiger partial charge in [0, 0.05) is 19.6 Å². The largest absolute Gasteiger partial charge is 0.444 e. The second-order valence-corrected chi connectivity index (χ2v) is 9.07. The second-order valence-electron chi connectivity index (χ2n) is 9.07. The zero-order valence-electron chi connectivity index (χ0n) is 20.2. The van der Waals surface area contributed by atoms with E-state index in [0.717, 1.165) is 11.1 Å². The fraction of sp³-hybridized carbons (Fsp3) is 0.462. The monoisotopic (exact) mass is 456 g/mol. The first kappa shape index (κ1) is 26.4. The summed E-state index contributed by atoms with van der Waals surface area (Å²) in [6.45, 7) is 7.25. The number of amides is 2. The molecule has 0 aliphatic rings. The summed E-state index contributed by atoms with van der Waals surface area (Å²) in [4.78, 5) is 26.6. The molecule has 0 fully saturated rings. The number of nitrogens with one attached hydrogen (secondary N) is 1. The van der Waals surface area contributed by atoms with Crippen molar-refractivity contribution in [2.75, 3.05) is 26.8 Å². The van der Waals surface area contributed by atoms with Gasteiger partial charge in [-0.2, -0.15) is 0 Å². The molecule has 33 heavy (non-hydrogen) atoms. The average Bonchev–Trinajstić information content (AvgIpc) is 2.76. The molecule has 0 saturated heterocycles. The van der Waals surface area contributed by atoms with Crippen LogP contribution in [0.5, 0.6) is 0 Å². The van der Waals surface area contributed by atoms with E-state index in [1.807, 2.05) is 67.6 Å². The number of nitrogens with zero attached hydrogens (tertiary/aromatic N) is 1. The van der Waals surface area contributed by atoms with Gasteiger partial charge in [0.15, 0.2) is 0 Å². The lowest BCUT2D eigenvalue weighted by Crippen LogP contribution is -2.50. The number of aliphatic hydroxyl groups is 1. The van der Waals surface area contributed by atoms with Crippen molar-refractivity contribution in [1.82, 2.24) is 10.2 Å². The van der Waals surface area contributed by atoms with Crippen LogP contribution in [-0.4, -0.2) is 66.6 Å². The van der Waals surface area contributed by atoms with Crippen LogP contribution in [0.2, 0.25) is 0 Å². The first-order valence-corrected chi connectivity index (χ1v) is 11.2.